The summed E-state index contributed by atoms with van der Waals surface area (Å²) in [5, 5.41) is 9.14. The van der Waals surface area contributed by atoms with Crippen LogP contribution in [0, 0.1) is 5.92 Å². The highest BCUT2D eigenvalue weighted by molar-refractivity contribution is 7.88. The zero-order valence-corrected chi connectivity index (χ0v) is 13.0. The second-order valence-corrected chi connectivity index (χ2v) is 8.32. The van der Waals surface area contributed by atoms with E-state index in [1.54, 1.807) is 0 Å². The Kier molecular flexibility index (Phi) is 4.60. The molecular formula is C12H21N3O2S2. The fourth-order valence-corrected chi connectivity index (χ4v) is 3.86. The summed E-state index contributed by atoms with van der Waals surface area (Å²) >= 11 is 1.47. The van der Waals surface area contributed by atoms with Gasteiger partial charge >= 0.3 is 0 Å². The Morgan fingerprint density at radius 3 is 2.68 bits per heavy atom. The smallest absolute Gasteiger partial charge is 0.215 e. The Labute approximate surface area is 118 Å². The fraction of sp³-hybridized carbons (Fsp3) is 0.750. The molecule has 1 aliphatic rings. The molecule has 7 heteroatoms. The van der Waals surface area contributed by atoms with Crippen molar-refractivity contribution in [1.82, 2.24) is 10.3 Å². The largest absolute Gasteiger partial charge is 0.309 e. The fourth-order valence-electron chi connectivity index (χ4n) is 1.88. The molecule has 5 nitrogen and oxygen atoms in total. The minimum absolute atomic E-state index is 0.161. The van der Waals surface area contributed by atoms with Crippen LogP contribution in [0.2, 0.25) is 0 Å². The summed E-state index contributed by atoms with van der Waals surface area (Å²) in [6.07, 6.45) is 3.35. The Morgan fingerprint density at radius 1 is 1.47 bits per heavy atom. The molecule has 0 amide bonds. The molecule has 108 valence electrons. The van der Waals surface area contributed by atoms with E-state index in [0.29, 0.717) is 17.0 Å². The van der Waals surface area contributed by atoms with Crippen molar-refractivity contribution >= 4 is 21.4 Å². The van der Waals surface area contributed by atoms with Gasteiger partial charge in [0, 0.05) is 17.5 Å². The number of sulfonamides is 1. The predicted molar refractivity (Wildman–Crippen MR) is 77.3 cm³/mol. The maximum Gasteiger partial charge on any atom is 0.215 e. The first-order valence-electron chi connectivity index (χ1n) is 6.55. The number of thiazole rings is 1. The van der Waals surface area contributed by atoms with Crippen molar-refractivity contribution in [3.05, 3.63) is 15.6 Å². The molecule has 1 aliphatic carbocycles. The van der Waals surface area contributed by atoms with Gasteiger partial charge in [-0.25, -0.2) is 18.5 Å². The van der Waals surface area contributed by atoms with E-state index in [0.717, 1.165) is 23.5 Å². The van der Waals surface area contributed by atoms with Crippen LogP contribution in [0.5, 0.6) is 0 Å². The summed E-state index contributed by atoms with van der Waals surface area (Å²) in [5.41, 5.74) is 1.02. The van der Waals surface area contributed by atoms with Gasteiger partial charge in [0.2, 0.25) is 10.0 Å². The van der Waals surface area contributed by atoms with Crippen LogP contribution in [-0.4, -0.2) is 19.4 Å². The maximum atomic E-state index is 11.1. The molecule has 0 radical (unpaired) electrons. The van der Waals surface area contributed by atoms with Crippen LogP contribution in [0.4, 0.5) is 0 Å². The van der Waals surface area contributed by atoms with Crippen molar-refractivity contribution in [3.8, 4) is 0 Å². The second kappa shape index (κ2) is 5.87. The summed E-state index contributed by atoms with van der Waals surface area (Å²) in [7, 11) is -3.50. The average Bonchev–Trinajstić information content (AvgIpc) is 2.98. The lowest BCUT2D eigenvalue weighted by atomic mass is 10.1. The number of nitrogens with zero attached hydrogens (tertiary/aromatic N) is 1. The lowest BCUT2D eigenvalue weighted by Crippen LogP contribution is -2.15. The summed E-state index contributed by atoms with van der Waals surface area (Å²) < 4.78 is 22.3. The molecule has 1 aromatic rings. The Morgan fingerprint density at radius 2 is 2.16 bits per heavy atom. The Hall–Kier alpha value is -0.500. The van der Waals surface area contributed by atoms with Crippen molar-refractivity contribution in [3.63, 3.8) is 0 Å². The number of hydrogen-bond acceptors (Lipinski definition) is 5. The minimum Gasteiger partial charge on any atom is -0.309 e. The van der Waals surface area contributed by atoms with Gasteiger partial charge in [0.1, 0.15) is 10.8 Å². The predicted octanol–water partition coefficient (Wildman–Crippen LogP) is 1.38. The first-order valence-corrected chi connectivity index (χ1v) is 9.08. The summed E-state index contributed by atoms with van der Waals surface area (Å²) in [6.45, 7) is 5.06. The van der Waals surface area contributed by atoms with Gasteiger partial charge in [-0.3, -0.25) is 0 Å². The molecule has 0 atom stereocenters. The standard InChI is InChI=1S/C12H21N3O2S2/c1-8(2)5-10-11(6-14-9-3-4-9)18-12(15-10)7-19(13,16)17/h8-9,14H,3-7H2,1-2H3,(H2,13,16,17). The number of aromatic nitrogens is 1. The van der Waals surface area contributed by atoms with Gasteiger partial charge < -0.3 is 5.32 Å². The first-order chi connectivity index (χ1) is 8.83. The normalized spacial score (nSPS) is 16.2. The van der Waals surface area contributed by atoms with E-state index >= 15 is 0 Å². The highest BCUT2D eigenvalue weighted by Gasteiger charge is 2.22. The molecule has 0 spiro atoms. The van der Waals surface area contributed by atoms with Crippen molar-refractivity contribution in [2.45, 2.75) is 51.4 Å². The Bertz CT molecular complexity index is 533. The van der Waals surface area contributed by atoms with Crippen molar-refractivity contribution in [1.29, 1.82) is 0 Å². The van der Waals surface area contributed by atoms with Gasteiger partial charge in [-0.2, -0.15) is 0 Å². The lowest BCUT2D eigenvalue weighted by molar-refractivity contribution is 0.596. The van der Waals surface area contributed by atoms with E-state index in [4.69, 9.17) is 5.14 Å². The number of nitrogens with two attached hydrogens (primary N) is 1. The van der Waals surface area contributed by atoms with Gasteiger partial charge in [-0.15, -0.1) is 11.3 Å². The van der Waals surface area contributed by atoms with Crippen molar-refractivity contribution in [2.24, 2.45) is 11.1 Å². The topological polar surface area (TPSA) is 85.1 Å². The van der Waals surface area contributed by atoms with Crippen molar-refractivity contribution in [2.75, 3.05) is 0 Å². The molecular weight excluding hydrogens is 282 g/mol. The van der Waals surface area contributed by atoms with Crippen LogP contribution < -0.4 is 10.5 Å². The SMILES string of the molecule is CC(C)Cc1nc(CS(N)(=O)=O)sc1CNC1CC1. The third-order valence-corrected chi connectivity index (χ3v) is 4.83. The highest BCUT2D eigenvalue weighted by atomic mass is 32.2. The van der Waals surface area contributed by atoms with Crippen molar-refractivity contribution < 1.29 is 8.42 Å². The first kappa shape index (κ1) is 14.9. The lowest BCUT2D eigenvalue weighted by Gasteiger charge is -2.05. The van der Waals surface area contributed by atoms with Crippen LogP contribution in [-0.2, 0) is 28.7 Å². The Balaban J connectivity index is 2.11. The molecule has 0 unspecified atom stereocenters. The zero-order valence-electron chi connectivity index (χ0n) is 11.3. The highest BCUT2D eigenvalue weighted by Crippen LogP contribution is 2.25. The van der Waals surface area contributed by atoms with Gasteiger partial charge in [0.05, 0.1) is 5.69 Å². The minimum atomic E-state index is -3.50. The number of nitrogens with one attached hydrogen (secondary N) is 1. The van der Waals surface area contributed by atoms with E-state index in [1.807, 2.05) is 0 Å². The zero-order chi connectivity index (χ0) is 14.0. The summed E-state index contributed by atoms with van der Waals surface area (Å²) in [5.74, 6) is 0.343. The molecule has 0 saturated heterocycles. The van der Waals surface area contributed by atoms with Crippen LogP contribution >= 0.6 is 11.3 Å². The van der Waals surface area contributed by atoms with Gasteiger partial charge in [0.25, 0.3) is 0 Å². The summed E-state index contributed by atoms with van der Waals surface area (Å²) in [4.78, 5) is 5.61. The van der Waals surface area contributed by atoms with E-state index in [2.05, 4.69) is 24.1 Å². The molecule has 1 aromatic heterocycles. The number of rotatable bonds is 7. The molecule has 0 bridgehead atoms. The van der Waals surface area contributed by atoms with E-state index < -0.39 is 10.0 Å². The van der Waals surface area contributed by atoms with E-state index in [-0.39, 0.29) is 5.75 Å². The second-order valence-electron chi connectivity index (χ2n) is 5.54. The molecule has 2 rings (SSSR count). The van der Waals surface area contributed by atoms with Crippen LogP contribution in [0.3, 0.4) is 0 Å². The number of hydrogen-bond donors (Lipinski definition) is 2. The number of primary sulfonamides is 1. The monoisotopic (exact) mass is 303 g/mol. The average molecular weight is 303 g/mol. The van der Waals surface area contributed by atoms with Gasteiger partial charge in [0.15, 0.2) is 0 Å². The molecule has 0 aromatic carbocycles. The van der Waals surface area contributed by atoms with E-state index in [1.165, 1.54) is 24.2 Å². The third-order valence-electron chi connectivity index (χ3n) is 2.88. The molecule has 19 heavy (non-hydrogen) atoms. The van der Waals surface area contributed by atoms with Crippen LogP contribution in [0.25, 0.3) is 0 Å². The van der Waals surface area contributed by atoms with Crippen LogP contribution in [0.15, 0.2) is 0 Å². The van der Waals surface area contributed by atoms with Gasteiger partial charge in [-0.1, -0.05) is 13.8 Å². The maximum absolute atomic E-state index is 11.1. The third kappa shape index (κ3) is 5.18. The van der Waals surface area contributed by atoms with E-state index in [9.17, 15) is 8.42 Å². The quantitative estimate of drug-likeness (QED) is 0.797. The molecule has 1 heterocycles. The molecule has 3 N–H and O–H groups in total. The van der Waals surface area contributed by atoms with Crippen LogP contribution in [0.1, 0.15) is 42.3 Å². The molecule has 1 saturated carbocycles. The summed E-state index contributed by atoms with van der Waals surface area (Å²) in [6, 6.07) is 0.635. The molecule has 1 fully saturated rings. The van der Waals surface area contributed by atoms with Gasteiger partial charge in [-0.05, 0) is 25.2 Å². The molecule has 0 aliphatic heterocycles.